The minimum Gasteiger partial charge on any atom is -0.507 e. The maximum atomic E-state index is 13.6. The van der Waals surface area contributed by atoms with Gasteiger partial charge in [-0.2, -0.15) is 0 Å². The summed E-state index contributed by atoms with van der Waals surface area (Å²) < 4.78 is 0. The first-order valence-electron chi connectivity index (χ1n) is 12.7. The van der Waals surface area contributed by atoms with Crippen molar-refractivity contribution in [1.82, 2.24) is 4.90 Å². The molecule has 0 radical (unpaired) electrons. The summed E-state index contributed by atoms with van der Waals surface area (Å²) in [5, 5.41) is 21.0. The SMILES string of the molecule is CC1=CC(=O)C2=C(CC3C(=CCC4C(=O)N(CCC(=O)O)C(=O)C43)C2c2ccc(O)c3ccccc23)C1=O. The number of rotatable bonds is 4. The van der Waals surface area contributed by atoms with Gasteiger partial charge in [-0.3, -0.25) is 28.9 Å². The van der Waals surface area contributed by atoms with Crippen molar-refractivity contribution in [3.05, 3.63) is 76.4 Å². The van der Waals surface area contributed by atoms with Crippen molar-refractivity contribution in [2.45, 2.75) is 32.1 Å². The van der Waals surface area contributed by atoms with Crippen molar-refractivity contribution in [1.29, 1.82) is 0 Å². The van der Waals surface area contributed by atoms with Gasteiger partial charge in [-0.15, -0.1) is 0 Å². The summed E-state index contributed by atoms with van der Waals surface area (Å²) in [5.74, 6) is -4.77. The number of nitrogens with zero attached hydrogens (tertiary/aromatic N) is 1. The second-order valence-electron chi connectivity index (χ2n) is 10.4. The van der Waals surface area contributed by atoms with Crippen molar-refractivity contribution < 1.29 is 34.2 Å². The molecule has 0 spiro atoms. The number of phenolic OH excluding ortho intramolecular Hbond substituents is 1. The fourth-order valence-corrected chi connectivity index (χ4v) is 6.79. The van der Waals surface area contributed by atoms with Crippen LogP contribution in [0, 0.1) is 17.8 Å². The number of benzene rings is 2. The van der Waals surface area contributed by atoms with Gasteiger partial charge in [0.15, 0.2) is 11.6 Å². The number of carbonyl (C=O) groups excluding carboxylic acids is 4. The molecule has 1 heterocycles. The van der Waals surface area contributed by atoms with E-state index in [0.29, 0.717) is 22.1 Å². The monoisotopic (exact) mass is 511 g/mol. The number of phenols is 1. The quantitative estimate of drug-likeness (QED) is 0.365. The van der Waals surface area contributed by atoms with E-state index in [4.69, 9.17) is 5.11 Å². The minimum atomic E-state index is -1.10. The average molecular weight is 512 g/mol. The third-order valence-corrected chi connectivity index (χ3v) is 8.45. The smallest absolute Gasteiger partial charge is 0.305 e. The number of aliphatic carboxylic acids is 1. The number of allylic oxidation sites excluding steroid dienone is 6. The Bertz CT molecular complexity index is 1580. The average Bonchev–Trinajstić information content (AvgIpc) is 3.14. The molecule has 1 saturated heterocycles. The molecule has 3 aliphatic carbocycles. The van der Waals surface area contributed by atoms with Crippen molar-refractivity contribution >= 4 is 40.1 Å². The lowest BCUT2D eigenvalue weighted by molar-refractivity contribution is -0.142. The van der Waals surface area contributed by atoms with Crippen molar-refractivity contribution in [3.8, 4) is 5.75 Å². The summed E-state index contributed by atoms with van der Waals surface area (Å²) in [7, 11) is 0. The molecule has 0 saturated carbocycles. The van der Waals surface area contributed by atoms with Crippen LogP contribution in [0.4, 0.5) is 0 Å². The molecule has 2 aromatic carbocycles. The molecule has 192 valence electrons. The lowest BCUT2D eigenvalue weighted by atomic mass is 9.59. The normalized spacial score (nSPS) is 26.7. The Morgan fingerprint density at radius 2 is 1.74 bits per heavy atom. The Labute approximate surface area is 217 Å². The van der Waals surface area contributed by atoms with Gasteiger partial charge in [0.05, 0.1) is 18.3 Å². The highest BCUT2D eigenvalue weighted by atomic mass is 16.4. The van der Waals surface area contributed by atoms with Gasteiger partial charge in [-0.05, 0) is 48.8 Å². The molecule has 4 unspecified atom stereocenters. The Balaban J connectivity index is 1.53. The topological polar surface area (TPSA) is 129 Å². The standard InChI is InChI=1S/C30H25NO7/c1-14-12-23(33)27-21(28(14)36)13-20-18(25(27)17-8-9-22(32)16-5-3-2-4-15(16)17)6-7-19-26(20)30(38)31(29(19)37)11-10-24(34)35/h2-6,8-9,12,19-20,25-26,32H,7,10-11,13H2,1H3,(H,34,35). The number of likely N-dealkylation sites (tertiary alicyclic amines) is 1. The Kier molecular flexibility index (Phi) is 5.45. The molecule has 4 aliphatic rings. The molecule has 4 atom stereocenters. The van der Waals surface area contributed by atoms with E-state index in [1.165, 1.54) is 6.08 Å². The molecule has 1 fully saturated rings. The van der Waals surface area contributed by atoms with Crippen molar-refractivity contribution in [3.63, 3.8) is 0 Å². The lowest BCUT2D eigenvalue weighted by Gasteiger charge is -2.42. The summed E-state index contributed by atoms with van der Waals surface area (Å²) in [6.45, 7) is 1.41. The third-order valence-electron chi connectivity index (χ3n) is 8.45. The van der Waals surface area contributed by atoms with Gasteiger partial charge in [-0.1, -0.05) is 42.0 Å². The molecule has 8 nitrogen and oxygen atoms in total. The lowest BCUT2D eigenvalue weighted by Crippen LogP contribution is -2.40. The number of fused-ring (bicyclic) bond motifs is 4. The van der Waals surface area contributed by atoms with Gasteiger partial charge in [0, 0.05) is 34.6 Å². The molecule has 2 N–H and O–H groups in total. The number of carboxylic acids is 1. The highest BCUT2D eigenvalue weighted by Crippen LogP contribution is 2.56. The van der Waals surface area contributed by atoms with Gasteiger partial charge >= 0.3 is 5.97 Å². The van der Waals surface area contributed by atoms with Crippen LogP contribution in [0.15, 0.2) is 70.8 Å². The van der Waals surface area contributed by atoms with Gasteiger partial charge in [-0.25, -0.2) is 0 Å². The van der Waals surface area contributed by atoms with Gasteiger partial charge < -0.3 is 10.2 Å². The fourth-order valence-electron chi connectivity index (χ4n) is 6.79. The van der Waals surface area contributed by atoms with Crippen molar-refractivity contribution in [2.24, 2.45) is 17.8 Å². The van der Waals surface area contributed by atoms with E-state index in [9.17, 15) is 29.1 Å². The second kappa shape index (κ2) is 8.62. The molecule has 0 bridgehead atoms. The first kappa shape index (κ1) is 24.0. The number of amides is 2. The maximum Gasteiger partial charge on any atom is 0.305 e. The second-order valence-corrected chi connectivity index (χ2v) is 10.4. The molecule has 0 aromatic heterocycles. The molecule has 38 heavy (non-hydrogen) atoms. The highest BCUT2D eigenvalue weighted by Gasteiger charge is 2.56. The number of ketones is 2. The van der Waals surface area contributed by atoms with Crippen LogP contribution in [0.2, 0.25) is 0 Å². The van der Waals surface area contributed by atoms with E-state index in [1.807, 2.05) is 18.2 Å². The zero-order valence-corrected chi connectivity index (χ0v) is 20.6. The summed E-state index contributed by atoms with van der Waals surface area (Å²) >= 11 is 0. The van der Waals surface area contributed by atoms with Crippen molar-refractivity contribution in [2.75, 3.05) is 6.54 Å². The van der Waals surface area contributed by atoms with Gasteiger partial charge in [0.1, 0.15) is 5.75 Å². The van der Waals surface area contributed by atoms with Gasteiger partial charge in [0.2, 0.25) is 11.8 Å². The number of carboxylic acid groups (broad SMARTS) is 1. The first-order chi connectivity index (χ1) is 18.2. The molecular weight excluding hydrogens is 486 g/mol. The molecule has 6 rings (SSSR count). The predicted octanol–water partition coefficient (Wildman–Crippen LogP) is 3.45. The molecular formula is C30H25NO7. The molecule has 8 heteroatoms. The molecule has 1 aliphatic heterocycles. The van der Waals surface area contributed by atoms with Crippen LogP contribution in [-0.2, 0) is 24.0 Å². The van der Waals surface area contributed by atoms with Crippen LogP contribution in [0.3, 0.4) is 0 Å². The first-order valence-corrected chi connectivity index (χ1v) is 12.7. The number of imide groups is 1. The Morgan fingerprint density at radius 1 is 1.00 bits per heavy atom. The maximum absolute atomic E-state index is 13.6. The zero-order valence-electron chi connectivity index (χ0n) is 20.6. The Hall–Kier alpha value is -4.33. The Morgan fingerprint density at radius 3 is 2.47 bits per heavy atom. The van der Waals surface area contributed by atoms with Crippen LogP contribution in [0.1, 0.15) is 37.7 Å². The summed E-state index contributed by atoms with van der Waals surface area (Å²) in [4.78, 5) is 65.7. The number of hydrogen-bond donors (Lipinski definition) is 2. The van der Waals surface area contributed by atoms with Crippen LogP contribution >= 0.6 is 0 Å². The van der Waals surface area contributed by atoms with E-state index in [-0.39, 0.29) is 49.0 Å². The number of Topliss-reactive ketones (excluding diaryl/α,β-unsaturated/α-hetero) is 1. The summed E-state index contributed by atoms with van der Waals surface area (Å²) in [6, 6.07) is 10.6. The minimum absolute atomic E-state index is 0.0935. The third kappa shape index (κ3) is 3.40. The molecule has 2 amide bonds. The zero-order chi connectivity index (χ0) is 26.9. The van der Waals surface area contributed by atoms with E-state index < -0.39 is 35.5 Å². The fraction of sp³-hybridized carbons (Fsp3) is 0.300. The number of aromatic hydroxyl groups is 1. The van der Waals surface area contributed by atoms with E-state index >= 15 is 0 Å². The van der Waals surface area contributed by atoms with E-state index in [0.717, 1.165) is 21.4 Å². The number of carbonyl (C=O) groups is 5. The van der Waals surface area contributed by atoms with Crippen LogP contribution in [-0.4, -0.2) is 51.0 Å². The van der Waals surface area contributed by atoms with E-state index in [1.54, 1.807) is 31.2 Å². The number of hydrogen-bond acceptors (Lipinski definition) is 6. The van der Waals surface area contributed by atoms with Crippen LogP contribution in [0.5, 0.6) is 5.75 Å². The summed E-state index contributed by atoms with van der Waals surface area (Å²) in [6.07, 6.45) is 3.40. The molecule has 2 aromatic rings. The van der Waals surface area contributed by atoms with Gasteiger partial charge in [0.25, 0.3) is 0 Å². The predicted molar refractivity (Wildman–Crippen MR) is 136 cm³/mol. The van der Waals surface area contributed by atoms with E-state index in [2.05, 4.69) is 0 Å². The largest absolute Gasteiger partial charge is 0.507 e. The van der Waals surface area contributed by atoms with Crippen LogP contribution in [0.25, 0.3) is 10.8 Å². The summed E-state index contributed by atoms with van der Waals surface area (Å²) in [5.41, 5.74) is 2.64. The highest BCUT2D eigenvalue weighted by molar-refractivity contribution is 6.24. The van der Waals surface area contributed by atoms with Crippen LogP contribution < -0.4 is 0 Å².